The maximum atomic E-state index is 14.2. The molecule has 8 nitrogen and oxygen atoms in total. The molecule has 2 unspecified atom stereocenters. The van der Waals surface area contributed by atoms with Gasteiger partial charge in [-0.05, 0) is 48.2 Å². The Morgan fingerprint density at radius 2 is 1.74 bits per heavy atom. The van der Waals surface area contributed by atoms with Crippen LogP contribution >= 0.6 is 0 Å². The molecule has 0 saturated carbocycles. The highest BCUT2D eigenvalue weighted by molar-refractivity contribution is 6.04. The van der Waals surface area contributed by atoms with Crippen molar-refractivity contribution in [1.82, 2.24) is 10.2 Å². The van der Waals surface area contributed by atoms with Crippen molar-refractivity contribution >= 4 is 34.2 Å². The zero-order valence-electron chi connectivity index (χ0n) is 21.4. The Bertz CT molecular complexity index is 1430. The van der Waals surface area contributed by atoms with Crippen LogP contribution in [0.5, 0.6) is 0 Å². The number of benzene rings is 3. The summed E-state index contributed by atoms with van der Waals surface area (Å²) in [5, 5.41) is 18.3. The highest BCUT2D eigenvalue weighted by Gasteiger charge is 2.78. The minimum absolute atomic E-state index is 0.275. The van der Waals surface area contributed by atoms with Crippen LogP contribution in [-0.2, 0) is 19.1 Å². The molecule has 3 fully saturated rings. The summed E-state index contributed by atoms with van der Waals surface area (Å²) in [6.45, 7) is 1.48. The summed E-state index contributed by atoms with van der Waals surface area (Å²) in [4.78, 5) is 43.0. The lowest BCUT2D eigenvalue weighted by Crippen LogP contribution is -2.54. The van der Waals surface area contributed by atoms with E-state index in [9.17, 15) is 19.5 Å². The van der Waals surface area contributed by atoms with E-state index in [1.807, 2.05) is 79.7 Å². The van der Waals surface area contributed by atoms with Crippen LogP contribution in [-0.4, -0.2) is 58.6 Å². The molecule has 3 N–H and O–H groups in total. The van der Waals surface area contributed by atoms with E-state index in [0.717, 1.165) is 10.8 Å². The molecule has 2 bridgehead atoms. The molecule has 6 atom stereocenters. The van der Waals surface area contributed by atoms with Gasteiger partial charge in [-0.15, -0.1) is 0 Å². The summed E-state index contributed by atoms with van der Waals surface area (Å²) in [5.41, 5.74) is -0.718. The summed E-state index contributed by atoms with van der Waals surface area (Å²) in [7, 11) is 1.55. The van der Waals surface area contributed by atoms with Gasteiger partial charge in [-0.2, -0.15) is 0 Å². The van der Waals surface area contributed by atoms with E-state index in [-0.39, 0.29) is 18.4 Å². The van der Waals surface area contributed by atoms with Gasteiger partial charge in [0.1, 0.15) is 11.6 Å². The molecule has 8 heteroatoms. The molecule has 1 spiro atoms. The van der Waals surface area contributed by atoms with Crippen molar-refractivity contribution in [2.24, 2.45) is 11.8 Å². The molecule has 3 aromatic carbocycles. The van der Waals surface area contributed by atoms with Crippen molar-refractivity contribution in [1.29, 1.82) is 0 Å². The number of hydrogen-bond donors (Lipinski definition) is 3. The monoisotopic (exact) mass is 513 g/mol. The van der Waals surface area contributed by atoms with E-state index in [2.05, 4.69) is 10.6 Å². The molecule has 196 valence electrons. The zero-order valence-corrected chi connectivity index (χ0v) is 21.4. The SMILES string of the molecule is CNC(=O)[C@H]1[C@H]2C(=O)N([C@H](CO)c3ccccc3)C(C(=O)Nc3ccc4ccccc4c3)C23CC[C@]1(C)O3. The molecule has 3 aliphatic rings. The third kappa shape index (κ3) is 3.47. The molecule has 3 heterocycles. The maximum absolute atomic E-state index is 14.2. The highest BCUT2D eigenvalue weighted by atomic mass is 16.5. The Morgan fingerprint density at radius 3 is 2.45 bits per heavy atom. The van der Waals surface area contributed by atoms with Crippen molar-refractivity contribution in [3.8, 4) is 0 Å². The smallest absolute Gasteiger partial charge is 0.250 e. The number of carbonyl (C=O) groups excluding carboxylic acids is 3. The Labute approximate surface area is 221 Å². The number of nitrogens with one attached hydrogen (secondary N) is 2. The number of amides is 3. The van der Waals surface area contributed by atoms with Crippen LogP contribution in [0.15, 0.2) is 72.8 Å². The standard InChI is InChI=1S/C30H31N3O5/c1-29-14-15-30(38-29)24(23(29)26(35)31-2)28(37)33(22(17-34)19-9-4-3-5-10-19)25(30)27(36)32-21-13-12-18-8-6-7-11-20(18)16-21/h3-13,16,22-25,34H,14-15,17H2,1-2H3,(H,31,35)(H,32,36)/t22-,23-,24+,25?,29+,30?/m1/s1. The second-order valence-electron chi connectivity index (χ2n) is 10.7. The van der Waals surface area contributed by atoms with Crippen molar-refractivity contribution in [3.63, 3.8) is 0 Å². The van der Waals surface area contributed by atoms with Crippen LogP contribution in [0.1, 0.15) is 31.4 Å². The summed E-state index contributed by atoms with van der Waals surface area (Å²) in [6, 6.07) is 20.9. The van der Waals surface area contributed by atoms with E-state index in [0.29, 0.717) is 24.1 Å². The average Bonchev–Trinajstić information content (AvgIpc) is 3.50. The van der Waals surface area contributed by atoms with Gasteiger partial charge < -0.3 is 25.4 Å². The third-order valence-electron chi connectivity index (χ3n) is 8.70. The zero-order chi connectivity index (χ0) is 26.7. The summed E-state index contributed by atoms with van der Waals surface area (Å²) >= 11 is 0. The molecule has 0 aliphatic carbocycles. The molecule has 0 radical (unpaired) electrons. The lowest BCUT2D eigenvalue weighted by atomic mass is 9.66. The number of anilines is 1. The fourth-order valence-corrected chi connectivity index (χ4v) is 7.06. The van der Waals surface area contributed by atoms with Gasteiger partial charge in [-0.3, -0.25) is 14.4 Å². The van der Waals surface area contributed by atoms with Crippen LogP contribution in [0, 0.1) is 11.8 Å². The molecular formula is C30H31N3O5. The van der Waals surface area contributed by atoms with Crippen molar-refractivity contribution in [2.75, 3.05) is 19.0 Å². The van der Waals surface area contributed by atoms with E-state index in [1.54, 1.807) is 7.05 Å². The number of aliphatic hydroxyl groups is 1. The summed E-state index contributed by atoms with van der Waals surface area (Å²) in [5.74, 6) is -2.57. The number of ether oxygens (including phenoxy) is 1. The molecule has 3 aromatic rings. The predicted molar refractivity (Wildman–Crippen MR) is 142 cm³/mol. The molecule has 0 aromatic heterocycles. The Hall–Kier alpha value is -3.75. The number of hydrogen-bond acceptors (Lipinski definition) is 5. The second-order valence-corrected chi connectivity index (χ2v) is 10.7. The van der Waals surface area contributed by atoms with E-state index in [1.165, 1.54) is 4.90 Å². The summed E-state index contributed by atoms with van der Waals surface area (Å²) in [6.07, 6.45) is 1.02. The van der Waals surface area contributed by atoms with Crippen LogP contribution in [0.2, 0.25) is 0 Å². The summed E-state index contributed by atoms with van der Waals surface area (Å²) < 4.78 is 6.61. The highest BCUT2D eigenvalue weighted by Crippen LogP contribution is 2.64. The maximum Gasteiger partial charge on any atom is 0.250 e. The Balaban J connectivity index is 1.45. The van der Waals surface area contributed by atoms with Gasteiger partial charge in [0.15, 0.2) is 0 Å². The van der Waals surface area contributed by atoms with Gasteiger partial charge >= 0.3 is 0 Å². The number of fused-ring (bicyclic) bond motifs is 2. The normalized spacial score (nSPS) is 30.3. The number of carbonyl (C=O) groups is 3. The van der Waals surface area contributed by atoms with Crippen molar-refractivity contribution < 1.29 is 24.2 Å². The van der Waals surface area contributed by atoms with Gasteiger partial charge in [0.25, 0.3) is 0 Å². The van der Waals surface area contributed by atoms with Gasteiger partial charge in [-0.1, -0.05) is 60.7 Å². The van der Waals surface area contributed by atoms with Crippen molar-refractivity contribution in [3.05, 3.63) is 78.4 Å². The van der Waals surface area contributed by atoms with Gasteiger partial charge in [0.2, 0.25) is 17.7 Å². The van der Waals surface area contributed by atoms with E-state index >= 15 is 0 Å². The molecule has 3 aliphatic heterocycles. The number of likely N-dealkylation sites (tertiary alicyclic amines) is 1. The lowest BCUT2D eigenvalue weighted by molar-refractivity contribution is -0.148. The van der Waals surface area contributed by atoms with Gasteiger partial charge in [0, 0.05) is 12.7 Å². The van der Waals surface area contributed by atoms with E-state index in [4.69, 9.17) is 4.74 Å². The minimum Gasteiger partial charge on any atom is -0.394 e. The third-order valence-corrected chi connectivity index (χ3v) is 8.70. The molecule has 38 heavy (non-hydrogen) atoms. The number of rotatable bonds is 6. The van der Waals surface area contributed by atoms with E-state index < -0.39 is 41.0 Å². The fraction of sp³-hybridized carbons (Fsp3) is 0.367. The van der Waals surface area contributed by atoms with Gasteiger partial charge in [0.05, 0.1) is 30.1 Å². The van der Waals surface area contributed by atoms with Crippen molar-refractivity contribution in [2.45, 2.75) is 43.1 Å². The number of nitrogens with zero attached hydrogens (tertiary/aromatic N) is 1. The fourth-order valence-electron chi connectivity index (χ4n) is 7.06. The minimum atomic E-state index is -1.17. The quantitative estimate of drug-likeness (QED) is 0.470. The van der Waals surface area contributed by atoms with Crippen LogP contribution < -0.4 is 10.6 Å². The topological polar surface area (TPSA) is 108 Å². The first-order valence-corrected chi connectivity index (χ1v) is 13.0. The first-order valence-electron chi connectivity index (χ1n) is 13.0. The van der Waals surface area contributed by atoms with Gasteiger partial charge in [-0.25, -0.2) is 0 Å². The first-order chi connectivity index (χ1) is 18.3. The number of aliphatic hydroxyl groups excluding tert-OH is 1. The van der Waals surface area contributed by atoms with Crippen LogP contribution in [0.3, 0.4) is 0 Å². The Kier molecular flexibility index (Phi) is 5.77. The predicted octanol–water partition coefficient (Wildman–Crippen LogP) is 3.02. The molecule has 6 rings (SSSR count). The first kappa shape index (κ1) is 24.6. The van der Waals surface area contributed by atoms with Crippen LogP contribution in [0.25, 0.3) is 10.8 Å². The molecule has 3 saturated heterocycles. The lowest BCUT2D eigenvalue weighted by Gasteiger charge is -2.37. The average molecular weight is 514 g/mol. The second kappa shape index (κ2) is 8.92. The Morgan fingerprint density at radius 1 is 1.03 bits per heavy atom. The molecular weight excluding hydrogens is 482 g/mol. The largest absolute Gasteiger partial charge is 0.394 e. The van der Waals surface area contributed by atoms with Crippen LogP contribution in [0.4, 0.5) is 5.69 Å². The molecule has 3 amide bonds.